The summed E-state index contributed by atoms with van der Waals surface area (Å²) in [4.78, 5) is 12.4. The number of carbonyl (C=O) groups is 1. The first-order valence-electron chi connectivity index (χ1n) is 8.37. The summed E-state index contributed by atoms with van der Waals surface area (Å²) >= 11 is 0. The Morgan fingerprint density at radius 3 is 2.84 bits per heavy atom. The average Bonchev–Trinajstić information content (AvgIpc) is 3.04. The van der Waals surface area contributed by atoms with E-state index in [1.165, 1.54) is 5.56 Å². The molecule has 0 aliphatic heterocycles. The van der Waals surface area contributed by atoms with Crippen LogP contribution in [0.1, 0.15) is 28.4 Å². The van der Waals surface area contributed by atoms with Gasteiger partial charge in [-0.3, -0.25) is 4.79 Å². The first-order valence-corrected chi connectivity index (χ1v) is 8.37. The highest BCUT2D eigenvalue weighted by atomic mass is 16.5. The minimum absolute atomic E-state index is 0.112. The molecule has 1 amide bonds. The van der Waals surface area contributed by atoms with Crippen molar-refractivity contribution in [1.29, 1.82) is 0 Å². The van der Waals surface area contributed by atoms with Crippen LogP contribution in [0.25, 0.3) is 11.0 Å². The maximum Gasteiger partial charge on any atom is 0.251 e. The molecule has 6 nitrogen and oxygen atoms in total. The van der Waals surface area contributed by atoms with Gasteiger partial charge in [-0.1, -0.05) is 22.9 Å². The summed E-state index contributed by atoms with van der Waals surface area (Å²) in [6.07, 6.45) is 0.713. The number of nitrogens with zero attached hydrogens (tertiary/aromatic N) is 3. The number of benzene rings is 2. The molecule has 25 heavy (non-hydrogen) atoms. The van der Waals surface area contributed by atoms with Crippen molar-refractivity contribution in [3.63, 3.8) is 0 Å². The number of methoxy groups -OCH3 is 1. The van der Waals surface area contributed by atoms with Gasteiger partial charge in [-0.2, -0.15) is 0 Å². The molecular formula is C19H22N4O2. The standard InChI is InChI=1S/C19H22N4O2/c1-4-23-17-7-6-15(12-16(17)21-22-23)19(24)20-10-9-14-11-13(2)5-8-18(14)25-3/h5-8,11-12H,4,9-10H2,1-3H3,(H,20,24). The van der Waals surface area contributed by atoms with E-state index >= 15 is 0 Å². The van der Waals surface area contributed by atoms with Gasteiger partial charge in [0.05, 0.1) is 12.6 Å². The van der Waals surface area contributed by atoms with E-state index in [0.29, 0.717) is 18.5 Å². The van der Waals surface area contributed by atoms with Crippen LogP contribution in [0.4, 0.5) is 0 Å². The zero-order chi connectivity index (χ0) is 17.8. The van der Waals surface area contributed by atoms with Crippen molar-refractivity contribution in [3.8, 4) is 5.75 Å². The highest BCUT2D eigenvalue weighted by molar-refractivity contribution is 5.97. The largest absolute Gasteiger partial charge is 0.496 e. The molecule has 1 aromatic heterocycles. The van der Waals surface area contributed by atoms with Gasteiger partial charge in [0.2, 0.25) is 0 Å². The van der Waals surface area contributed by atoms with Crippen molar-refractivity contribution >= 4 is 16.9 Å². The predicted molar refractivity (Wildman–Crippen MR) is 97.0 cm³/mol. The van der Waals surface area contributed by atoms with Crippen LogP contribution in [0.5, 0.6) is 5.75 Å². The van der Waals surface area contributed by atoms with Gasteiger partial charge < -0.3 is 10.1 Å². The summed E-state index contributed by atoms with van der Waals surface area (Å²) in [5.74, 6) is 0.733. The quantitative estimate of drug-likeness (QED) is 0.750. The number of hydrogen-bond donors (Lipinski definition) is 1. The van der Waals surface area contributed by atoms with E-state index in [-0.39, 0.29) is 5.91 Å². The molecule has 0 radical (unpaired) electrons. The van der Waals surface area contributed by atoms with Crippen molar-refractivity contribution in [2.75, 3.05) is 13.7 Å². The number of nitrogens with one attached hydrogen (secondary N) is 1. The van der Waals surface area contributed by atoms with Crippen molar-refractivity contribution in [2.45, 2.75) is 26.8 Å². The third-order valence-corrected chi connectivity index (χ3v) is 4.19. The molecule has 1 heterocycles. The monoisotopic (exact) mass is 338 g/mol. The molecule has 6 heteroatoms. The van der Waals surface area contributed by atoms with Crippen molar-refractivity contribution in [3.05, 3.63) is 53.1 Å². The SMILES string of the molecule is CCn1nnc2cc(C(=O)NCCc3cc(C)ccc3OC)ccc21. The van der Waals surface area contributed by atoms with E-state index in [4.69, 9.17) is 4.74 Å². The first kappa shape index (κ1) is 17.0. The topological polar surface area (TPSA) is 69.0 Å². The molecule has 0 unspecified atom stereocenters. The summed E-state index contributed by atoms with van der Waals surface area (Å²) in [7, 11) is 1.66. The number of amides is 1. The lowest BCUT2D eigenvalue weighted by molar-refractivity contribution is 0.0954. The fourth-order valence-electron chi connectivity index (χ4n) is 2.86. The lowest BCUT2D eigenvalue weighted by atomic mass is 10.1. The first-order chi connectivity index (χ1) is 12.1. The lowest BCUT2D eigenvalue weighted by Crippen LogP contribution is -2.25. The van der Waals surface area contributed by atoms with E-state index in [1.807, 2.05) is 32.0 Å². The second-order valence-corrected chi connectivity index (χ2v) is 5.93. The Balaban J connectivity index is 1.66. The molecule has 0 atom stereocenters. The predicted octanol–water partition coefficient (Wildman–Crippen LogP) is 2.74. The Kier molecular flexibility index (Phi) is 4.97. The molecule has 0 saturated carbocycles. The van der Waals surface area contributed by atoms with Gasteiger partial charge in [0.25, 0.3) is 5.91 Å². The molecule has 130 valence electrons. The number of aromatic nitrogens is 3. The molecule has 0 fully saturated rings. The van der Waals surface area contributed by atoms with E-state index in [1.54, 1.807) is 23.9 Å². The second kappa shape index (κ2) is 7.34. The Morgan fingerprint density at radius 1 is 1.24 bits per heavy atom. The summed E-state index contributed by atoms with van der Waals surface area (Å²) in [6, 6.07) is 11.5. The van der Waals surface area contributed by atoms with Crippen LogP contribution in [0.2, 0.25) is 0 Å². The van der Waals surface area contributed by atoms with Crippen LogP contribution in [-0.4, -0.2) is 34.6 Å². The molecule has 0 spiro atoms. The van der Waals surface area contributed by atoms with Crippen molar-refractivity contribution in [2.24, 2.45) is 0 Å². The van der Waals surface area contributed by atoms with Gasteiger partial charge in [-0.25, -0.2) is 4.68 Å². The third kappa shape index (κ3) is 3.63. The highest BCUT2D eigenvalue weighted by Gasteiger charge is 2.10. The van der Waals surface area contributed by atoms with E-state index in [2.05, 4.69) is 21.7 Å². The number of rotatable bonds is 6. The zero-order valence-corrected chi connectivity index (χ0v) is 14.7. The molecule has 1 N–H and O–H groups in total. The Labute approximate surface area is 146 Å². The van der Waals surface area contributed by atoms with Gasteiger partial charge in [0, 0.05) is 18.7 Å². The summed E-state index contributed by atoms with van der Waals surface area (Å²) in [5.41, 5.74) is 4.51. The molecule has 3 aromatic rings. The maximum atomic E-state index is 12.4. The third-order valence-electron chi connectivity index (χ3n) is 4.19. The molecule has 2 aromatic carbocycles. The van der Waals surface area contributed by atoms with Crippen LogP contribution in [0.15, 0.2) is 36.4 Å². The average molecular weight is 338 g/mol. The maximum absolute atomic E-state index is 12.4. The number of aryl methyl sites for hydroxylation is 2. The van der Waals surface area contributed by atoms with Crippen LogP contribution < -0.4 is 10.1 Å². The molecule has 0 aliphatic rings. The minimum Gasteiger partial charge on any atom is -0.496 e. The summed E-state index contributed by atoms with van der Waals surface area (Å²) < 4.78 is 7.18. The van der Waals surface area contributed by atoms with Gasteiger partial charge in [0.15, 0.2) is 0 Å². The summed E-state index contributed by atoms with van der Waals surface area (Å²) in [6.45, 7) is 5.34. The normalized spacial score (nSPS) is 10.8. The van der Waals surface area contributed by atoms with Gasteiger partial charge in [0.1, 0.15) is 11.3 Å². The Morgan fingerprint density at radius 2 is 2.08 bits per heavy atom. The summed E-state index contributed by atoms with van der Waals surface area (Å²) in [5, 5.41) is 11.1. The minimum atomic E-state index is -0.112. The van der Waals surface area contributed by atoms with Crippen LogP contribution in [0, 0.1) is 6.92 Å². The Bertz CT molecular complexity index is 902. The van der Waals surface area contributed by atoms with Gasteiger partial charge in [-0.15, -0.1) is 5.10 Å². The van der Waals surface area contributed by atoms with Crippen molar-refractivity contribution in [1.82, 2.24) is 20.3 Å². The number of ether oxygens (including phenoxy) is 1. The van der Waals surface area contributed by atoms with Crippen LogP contribution in [0.3, 0.4) is 0 Å². The number of carbonyl (C=O) groups excluding carboxylic acids is 1. The number of hydrogen-bond acceptors (Lipinski definition) is 4. The van der Waals surface area contributed by atoms with Crippen LogP contribution >= 0.6 is 0 Å². The van der Waals surface area contributed by atoms with E-state index in [9.17, 15) is 4.79 Å². The zero-order valence-electron chi connectivity index (χ0n) is 14.7. The lowest BCUT2D eigenvalue weighted by Gasteiger charge is -2.10. The van der Waals surface area contributed by atoms with Gasteiger partial charge >= 0.3 is 0 Å². The molecule has 0 aliphatic carbocycles. The molecule has 0 bridgehead atoms. The van der Waals surface area contributed by atoms with E-state index in [0.717, 1.165) is 28.9 Å². The fourth-order valence-corrected chi connectivity index (χ4v) is 2.86. The Hall–Kier alpha value is -2.89. The highest BCUT2D eigenvalue weighted by Crippen LogP contribution is 2.20. The second-order valence-electron chi connectivity index (χ2n) is 5.93. The van der Waals surface area contributed by atoms with Crippen molar-refractivity contribution < 1.29 is 9.53 Å². The molecule has 3 rings (SSSR count). The fraction of sp³-hybridized carbons (Fsp3) is 0.316. The smallest absolute Gasteiger partial charge is 0.251 e. The van der Waals surface area contributed by atoms with E-state index < -0.39 is 0 Å². The number of fused-ring (bicyclic) bond motifs is 1. The molecular weight excluding hydrogens is 316 g/mol. The van der Waals surface area contributed by atoms with Gasteiger partial charge in [-0.05, 0) is 50.1 Å². The van der Waals surface area contributed by atoms with Crippen LogP contribution in [-0.2, 0) is 13.0 Å². The molecule has 0 saturated heterocycles.